The molecule has 1 unspecified atom stereocenters. The maximum Gasteiger partial charge on any atom is 0.258 e. The van der Waals surface area contributed by atoms with Gasteiger partial charge in [-0.15, -0.1) is 0 Å². The van der Waals surface area contributed by atoms with E-state index in [-0.39, 0.29) is 5.03 Å². The Kier molecular flexibility index (Phi) is 3.44. The molecule has 6 nitrogen and oxygen atoms in total. The lowest BCUT2D eigenvalue weighted by molar-refractivity contribution is 0.573. The summed E-state index contributed by atoms with van der Waals surface area (Å²) in [5.74, 6) is 0.597. The molecule has 2 N–H and O–H groups in total. The van der Waals surface area contributed by atoms with Crippen molar-refractivity contribution in [3.05, 3.63) is 12.0 Å². The van der Waals surface area contributed by atoms with Crippen LogP contribution in [0.2, 0.25) is 0 Å². The van der Waals surface area contributed by atoms with Crippen LogP contribution in [-0.4, -0.2) is 24.4 Å². The zero-order valence-corrected chi connectivity index (χ0v) is 9.30. The van der Waals surface area contributed by atoms with E-state index in [4.69, 9.17) is 5.26 Å². The predicted molar refractivity (Wildman–Crippen MR) is 53.4 cm³/mol. The number of hydrogen-bond acceptors (Lipinski definition) is 4. The SMILES string of the molecule is CCc1ncc(S(=O)(=O)NC(C)C#N)[nH]1. The largest absolute Gasteiger partial charge is 0.332 e. The molecule has 1 aromatic heterocycles. The minimum atomic E-state index is -3.65. The van der Waals surface area contributed by atoms with Gasteiger partial charge in [-0.1, -0.05) is 6.92 Å². The highest BCUT2D eigenvalue weighted by molar-refractivity contribution is 7.89. The third-order valence-electron chi connectivity index (χ3n) is 1.76. The van der Waals surface area contributed by atoms with Crippen LogP contribution in [0.4, 0.5) is 0 Å². The first-order chi connectivity index (χ1) is 6.99. The molecule has 0 bridgehead atoms. The Morgan fingerprint density at radius 2 is 2.40 bits per heavy atom. The van der Waals surface area contributed by atoms with Gasteiger partial charge in [0.25, 0.3) is 10.0 Å². The number of H-pyrrole nitrogens is 1. The van der Waals surface area contributed by atoms with Crippen molar-refractivity contribution in [1.29, 1.82) is 5.26 Å². The van der Waals surface area contributed by atoms with Crippen molar-refractivity contribution in [3.8, 4) is 6.07 Å². The molecule has 1 rings (SSSR count). The van der Waals surface area contributed by atoms with Crippen LogP contribution in [0.25, 0.3) is 0 Å². The quantitative estimate of drug-likeness (QED) is 0.767. The average Bonchev–Trinajstić information content (AvgIpc) is 2.65. The molecule has 0 amide bonds. The van der Waals surface area contributed by atoms with Gasteiger partial charge in [-0.2, -0.15) is 9.98 Å². The molecule has 0 saturated heterocycles. The summed E-state index contributed by atoms with van der Waals surface area (Å²) in [6.45, 7) is 3.33. The molecule has 0 aromatic carbocycles. The molecular formula is C8H12N4O2S. The molecule has 82 valence electrons. The Morgan fingerprint density at radius 3 is 2.87 bits per heavy atom. The number of aromatic nitrogens is 2. The van der Waals surface area contributed by atoms with Gasteiger partial charge >= 0.3 is 0 Å². The monoisotopic (exact) mass is 228 g/mol. The zero-order valence-electron chi connectivity index (χ0n) is 8.48. The third kappa shape index (κ3) is 2.78. The topological polar surface area (TPSA) is 98.6 Å². The zero-order chi connectivity index (χ0) is 11.5. The molecule has 7 heteroatoms. The molecular weight excluding hydrogens is 216 g/mol. The summed E-state index contributed by atoms with van der Waals surface area (Å²) in [5.41, 5.74) is 0. The van der Waals surface area contributed by atoms with Crippen LogP contribution in [0.15, 0.2) is 11.2 Å². The third-order valence-corrected chi connectivity index (χ3v) is 3.21. The van der Waals surface area contributed by atoms with Gasteiger partial charge in [0.1, 0.15) is 11.9 Å². The lowest BCUT2D eigenvalue weighted by Crippen LogP contribution is -2.31. The molecule has 1 atom stereocenters. The van der Waals surface area contributed by atoms with Gasteiger partial charge in [0.2, 0.25) is 0 Å². The van der Waals surface area contributed by atoms with Gasteiger partial charge < -0.3 is 4.98 Å². The van der Waals surface area contributed by atoms with E-state index in [1.807, 2.05) is 6.92 Å². The van der Waals surface area contributed by atoms with Crippen LogP contribution in [0.1, 0.15) is 19.7 Å². The Balaban J connectivity index is 2.92. The number of aryl methyl sites for hydroxylation is 1. The number of rotatable bonds is 4. The maximum atomic E-state index is 11.6. The van der Waals surface area contributed by atoms with E-state index >= 15 is 0 Å². The molecule has 1 heterocycles. The minimum absolute atomic E-state index is 0.0125. The van der Waals surface area contributed by atoms with Gasteiger partial charge in [-0.25, -0.2) is 13.4 Å². The number of nitrogens with one attached hydrogen (secondary N) is 2. The van der Waals surface area contributed by atoms with Crippen molar-refractivity contribution in [1.82, 2.24) is 14.7 Å². The molecule has 0 aliphatic heterocycles. The van der Waals surface area contributed by atoms with Crippen molar-refractivity contribution in [2.45, 2.75) is 31.3 Å². The van der Waals surface area contributed by atoms with Crippen LogP contribution < -0.4 is 4.72 Å². The summed E-state index contributed by atoms with van der Waals surface area (Å²) in [4.78, 5) is 6.54. The number of nitrogens with zero attached hydrogens (tertiary/aromatic N) is 2. The van der Waals surface area contributed by atoms with Crippen molar-refractivity contribution >= 4 is 10.0 Å². The summed E-state index contributed by atoms with van der Waals surface area (Å²) in [6.07, 6.45) is 1.87. The second-order valence-corrected chi connectivity index (χ2v) is 4.70. The number of aromatic amines is 1. The molecule has 0 aliphatic carbocycles. The Labute approximate surface area is 88.4 Å². The summed E-state index contributed by atoms with van der Waals surface area (Å²) in [6, 6.07) is 1.03. The smallest absolute Gasteiger partial charge is 0.258 e. The van der Waals surface area contributed by atoms with Gasteiger partial charge in [0, 0.05) is 6.42 Å². The summed E-state index contributed by atoms with van der Waals surface area (Å²) < 4.78 is 25.4. The molecule has 0 spiro atoms. The van der Waals surface area contributed by atoms with Gasteiger partial charge in [-0.05, 0) is 6.92 Å². The highest BCUT2D eigenvalue weighted by atomic mass is 32.2. The fraction of sp³-hybridized carbons (Fsp3) is 0.500. The van der Waals surface area contributed by atoms with E-state index in [9.17, 15) is 8.42 Å². The van der Waals surface area contributed by atoms with E-state index in [1.165, 1.54) is 13.1 Å². The molecule has 15 heavy (non-hydrogen) atoms. The van der Waals surface area contributed by atoms with Crippen LogP contribution in [0, 0.1) is 11.3 Å². The number of hydrogen-bond donors (Lipinski definition) is 2. The molecule has 1 aromatic rings. The summed E-state index contributed by atoms with van der Waals surface area (Å²) in [7, 11) is -3.65. The lowest BCUT2D eigenvalue weighted by atomic mass is 10.4. The van der Waals surface area contributed by atoms with Crippen molar-refractivity contribution in [3.63, 3.8) is 0 Å². The van der Waals surface area contributed by atoms with Crippen LogP contribution >= 0.6 is 0 Å². The first-order valence-electron chi connectivity index (χ1n) is 4.45. The highest BCUT2D eigenvalue weighted by Gasteiger charge is 2.19. The number of sulfonamides is 1. The van der Waals surface area contributed by atoms with Crippen LogP contribution in [-0.2, 0) is 16.4 Å². The standard InChI is InChI=1S/C8H12N4O2S/c1-3-7-10-5-8(11-7)15(13,14)12-6(2)4-9/h5-6,12H,3H2,1-2H3,(H,10,11). The molecule has 0 fully saturated rings. The summed E-state index contributed by atoms with van der Waals surface area (Å²) in [5, 5.41) is 8.48. The van der Waals surface area contributed by atoms with E-state index in [0.29, 0.717) is 12.2 Å². The molecule has 0 radical (unpaired) electrons. The maximum absolute atomic E-state index is 11.6. The average molecular weight is 228 g/mol. The van der Waals surface area contributed by atoms with Crippen LogP contribution in [0.3, 0.4) is 0 Å². The number of imidazole rings is 1. The first-order valence-corrected chi connectivity index (χ1v) is 5.93. The van der Waals surface area contributed by atoms with Crippen molar-refractivity contribution in [2.24, 2.45) is 0 Å². The van der Waals surface area contributed by atoms with Gasteiger partial charge in [0.05, 0.1) is 12.3 Å². The first kappa shape index (κ1) is 11.7. The van der Waals surface area contributed by atoms with E-state index in [2.05, 4.69) is 14.7 Å². The Morgan fingerprint density at radius 1 is 1.73 bits per heavy atom. The van der Waals surface area contributed by atoms with E-state index in [1.54, 1.807) is 6.07 Å². The lowest BCUT2D eigenvalue weighted by Gasteiger charge is -2.04. The summed E-state index contributed by atoms with van der Waals surface area (Å²) >= 11 is 0. The fourth-order valence-corrected chi connectivity index (χ4v) is 2.07. The minimum Gasteiger partial charge on any atom is -0.332 e. The highest BCUT2D eigenvalue weighted by Crippen LogP contribution is 2.06. The van der Waals surface area contributed by atoms with E-state index < -0.39 is 16.1 Å². The fourth-order valence-electron chi connectivity index (χ4n) is 0.982. The molecule has 0 saturated carbocycles. The Hall–Kier alpha value is -1.39. The second-order valence-electron chi connectivity index (χ2n) is 3.02. The normalized spacial score (nSPS) is 13.4. The van der Waals surface area contributed by atoms with Crippen molar-refractivity contribution in [2.75, 3.05) is 0 Å². The second kappa shape index (κ2) is 4.42. The van der Waals surface area contributed by atoms with Gasteiger partial charge in [-0.3, -0.25) is 0 Å². The number of nitriles is 1. The predicted octanol–water partition coefficient (Wildman–Crippen LogP) is 0.162. The van der Waals surface area contributed by atoms with Crippen LogP contribution in [0.5, 0.6) is 0 Å². The van der Waals surface area contributed by atoms with E-state index in [0.717, 1.165) is 0 Å². The van der Waals surface area contributed by atoms with Gasteiger partial charge in [0.15, 0.2) is 5.03 Å². The Bertz CT molecular complexity index is 471. The molecule has 0 aliphatic rings. The van der Waals surface area contributed by atoms with Crippen molar-refractivity contribution < 1.29 is 8.42 Å².